The first-order valence-electron chi connectivity index (χ1n) is 7.50. The predicted molar refractivity (Wildman–Crippen MR) is 67.2 cm³/mol. The molecule has 0 aromatic heterocycles. The highest BCUT2D eigenvalue weighted by atomic mass is 28.4. The molecule has 2 bridgehead atoms. The van der Waals surface area contributed by atoms with Gasteiger partial charge in [0.05, 0.1) is 31.0 Å². The summed E-state index contributed by atoms with van der Waals surface area (Å²) >= 11 is 0. The highest BCUT2D eigenvalue weighted by molar-refractivity contribution is 6.62. The minimum Gasteiger partial charge on any atom is -0.373 e. The molecule has 4 nitrogen and oxygen atoms in total. The molecule has 18 heavy (non-hydrogen) atoms. The molecule has 0 aromatic rings. The van der Waals surface area contributed by atoms with Gasteiger partial charge in [-0.15, -0.1) is 0 Å². The Balaban J connectivity index is 1.33. The molecule has 3 aliphatic heterocycles. The molecule has 4 rings (SSSR count). The third-order valence-corrected chi connectivity index (χ3v) is 7.52. The summed E-state index contributed by atoms with van der Waals surface area (Å²) in [6, 6.07) is 1.02. The van der Waals surface area contributed by atoms with Crippen LogP contribution in [0.15, 0.2) is 0 Å². The van der Waals surface area contributed by atoms with Gasteiger partial charge in [-0.1, -0.05) is 19.3 Å². The first-order chi connectivity index (χ1) is 8.85. The van der Waals surface area contributed by atoms with Crippen LogP contribution >= 0.6 is 0 Å². The summed E-state index contributed by atoms with van der Waals surface area (Å²) in [7, 11) is -2.25. The molecule has 3 unspecified atom stereocenters. The monoisotopic (exact) mass is 270 g/mol. The lowest BCUT2D eigenvalue weighted by Crippen LogP contribution is -2.44. The summed E-state index contributed by atoms with van der Waals surface area (Å²) in [4.78, 5) is 0. The molecule has 4 fully saturated rings. The third kappa shape index (κ3) is 2.16. The number of ether oxygens (including phenoxy) is 1. The lowest BCUT2D eigenvalue weighted by molar-refractivity contribution is 0.0259. The Hall–Kier alpha value is 0.0569. The van der Waals surface area contributed by atoms with Gasteiger partial charge in [0, 0.05) is 6.04 Å². The van der Waals surface area contributed by atoms with Gasteiger partial charge in [0.25, 0.3) is 0 Å². The molecule has 3 heterocycles. The third-order valence-electron chi connectivity index (χ3n) is 4.60. The number of rotatable bonds is 5. The molecule has 102 valence electrons. The fraction of sp³-hybridized carbons (Fsp3) is 1.00. The van der Waals surface area contributed by atoms with Crippen LogP contribution in [0.5, 0.6) is 0 Å². The first kappa shape index (κ1) is 11.8. The van der Waals surface area contributed by atoms with E-state index in [1.54, 1.807) is 0 Å². The van der Waals surface area contributed by atoms with Crippen LogP contribution in [0.3, 0.4) is 0 Å². The van der Waals surface area contributed by atoms with Crippen LogP contribution in [0.2, 0.25) is 6.04 Å². The van der Waals surface area contributed by atoms with E-state index in [9.17, 15) is 0 Å². The standard InChI is InChI=1S/C13H22O4Si/c1-2-7-12-13-11(6-1)15-18(16-12,17-13)8-4-3-5-10-9-14-10/h10-13H,1-9H2. The molecule has 4 aliphatic rings. The Bertz CT molecular complexity index is 299. The van der Waals surface area contributed by atoms with Crippen molar-refractivity contribution in [1.82, 2.24) is 0 Å². The van der Waals surface area contributed by atoms with Crippen molar-refractivity contribution in [3.63, 3.8) is 0 Å². The van der Waals surface area contributed by atoms with Gasteiger partial charge < -0.3 is 18.0 Å². The maximum absolute atomic E-state index is 6.19. The molecule has 3 saturated heterocycles. The molecule has 0 spiro atoms. The van der Waals surface area contributed by atoms with E-state index in [1.165, 1.54) is 38.5 Å². The SMILES string of the molecule is C(CC[Si]12OC3CCCCC(O1)C3O2)CC1CO1. The van der Waals surface area contributed by atoms with E-state index in [0.29, 0.717) is 18.3 Å². The van der Waals surface area contributed by atoms with Crippen molar-refractivity contribution in [3.8, 4) is 0 Å². The van der Waals surface area contributed by atoms with Crippen molar-refractivity contribution >= 4 is 8.80 Å². The molecular formula is C13H22O4Si. The largest absolute Gasteiger partial charge is 0.502 e. The van der Waals surface area contributed by atoms with Gasteiger partial charge in [0.2, 0.25) is 0 Å². The number of fused-ring (bicyclic) bond motifs is 1. The van der Waals surface area contributed by atoms with E-state index in [0.717, 1.165) is 19.1 Å². The van der Waals surface area contributed by atoms with Gasteiger partial charge in [-0.05, 0) is 25.7 Å². The van der Waals surface area contributed by atoms with E-state index < -0.39 is 8.80 Å². The zero-order chi connectivity index (χ0) is 12.0. The highest BCUT2D eigenvalue weighted by Crippen LogP contribution is 2.45. The molecular weight excluding hydrogens is 248 g/mol. The second-order valence-electron chi connectivity index (χ2n) is 6.06. The topological polar surface area (TPSA) is 40.2 Å². The summed E-state index contributed by atoms with van der Waals surface area (Å²) in [6.07, 6.45) is 10.00. The van der Waals surface area contributed by atoms with Gasteiger partial charge in [-0.3, -0.25) is 0 Å². The smallest absolute Gasteiger partial charge is 0.373 e. The summed E-state index contributed by atoms with van der Waals surface area (Å²) < 4.78 is 23.8. The average molecular weight is 270 g/mol. The van der Waals surface area contributed by atoms with Gasteiger partial charge in [0.15, 0.2) is 0 Å². The lowest BCUT2D eigenvalue weighted by atomic mass is 10.1. The zero-order valence-electron chi connectivity index (χ0n) is 10.8. The molecule has 3 atom stereocenters. The summed E-state index contributed by atoms with van der Waals surface area (Å²) in [5, 5.41) is 0. The van der Waals surface area contributed by atoms with Crippen molar-refractivity contribution in [2.75, 3.05) is 6.61 Å². The Kier molecular flexibility index (Phi) is 3.00. The Labute approximate surface area is 109 Å². The van der Waals surface area contributed by atoms with Crippen molar-refractivity contribution in [1.29, 1.82) is 0 Å². The van der Waals surface area contributed by atoms with E-state index in [-0.39, 0.29) is 6.10 Å². The number of epoxide rings is 1. The predicted octanol–water partition coefficient (Wildman–Crippen LogP) is 2.25. The van der Waals surface area contributed by atoms with Crippen LogP contribution in [0.25, 0.3) is 0 Å². The van der Waals surface area contributed by atoms with Crippen LogP contribution in [0.4, 0.5) is 0 Å². The number of hydrogen-bond donors (Lipinski definition) is 0. The second kappa shape index (κ2) is 4.56. The molecule has 1 saturated carbocycles. The minimum atomic E-state index is -2.25. The molecule has 0 amide bonds. The van der Waals surface area contributed by atoms with Gasteiger partial charge in [0.1, 0.15) is 0 Å². The highest BCUT2D eigenvalue weighted by Gasteiger charge is 2.63. The zero-order valence-corrected chi connectivity index (χ0v) is 11.8. The maximum atomic E-state index is 6.19. The van der Waals surface area contributed by atoms with Crippen molar-refractivity contribution < 1.29 is 18.0 Å². The fourth-order valence-corrected chi connectivity index (χ4v) is 6.89. The molecule has 5 heteroatoms. The van der Waals surface area contributed by atoms with Crippen LogP contribution in [0.1, 0.15) is 44.9 Å². The maximum Gasteiger partial charge on any atom is 0.502 e. The molecule has 0 aromatic carbocycles. The van der Waals surface area contributed by atoms with Gasteiger partial charge in [-0.2, -0.15) is 0 Å². The molecule has 0 radical (unpaired) electrons. The van der Waals surface area contributed by atoms with Crippen molar-refractivity contribution in [2.24, 2.45) is 0 Å². The molecule has 0 N–H and O–H groups in total. The lowest BCUT2D eigenvalue weighted by Gasteiger charge is -2.28. The van der Waals surface area contributed by atoms with Gasteiger partial charge in [-0.25, -0.2) is 0 Å². The Morgan fingerprint density at radius 1 is 0.944 bits per heavy atom. The van der Waals surface area contributed by atoms with E-state index in [2.05, 4.69) is 0 Å². The summed E-state index contributed by atoms with van der Waals surface area (Å²) in [6.45, 7) is 0.971. The Morgan fingerprint density at radius 3 is 2.33 bits per heavy atom. The number of unbranched alkanes of at least 4 members (excludes halogenated alkanes) is 1. The number of hydrogen-bond acceptors (Lipinski definition) is 4. The van der Waals surface area contributed by atoms with Crippen molar-refractivity contribution in [3.05, 3.63) is 0 Å². The van der Waals surface area contributed by atoms with Gasteiger partial charge >= 0.3 is 8.80 Å². The average Bonchev–Trinajstić information content (AvgIpc) is 3.06. The summed E-state index contributed by atoms with van der Waals surface area (Å²) in [5.74, 6) is 0. The van der Waals surface area contributed by atoms with Crippen LogP contribution in [-0.2, 0) is 18.0 Å². The Morgan fingerprint density at radius 2 is 1.67 bits per heavy atom. The van der Waals surface area contributed by atoms with E-state index in [4.69, 9.17) is 18.0 Å². The quantitative estimate of drug-likeness (QED) is 0.436. The summed E-state index contributed by atoms with van der Waals surface area (Å²) in [5.41, 5.74) is 0. The minimum absolute atomic E-state index is 0.269. The van der Waals surface area contributed by atoms with E-state index in [1.807, 2.05) is 0 Å². The normalized spacial score (nSPS) is 49.3. The van der Waals surface area contributed by atoms with E-state index >= 15 is 0 Å². The van der Waals surface area contributed by atoms with Crippen LogP contribution in [0, 0.1) is 0 Å². The molecule has 1 aliphatic carbocycles. The fourth-order valence-electron chi connectivity index (χ4n) is 3.54. The first-order valence-corrected chi connectivity index (χ1v) is 9.43. The second-order valence-corrected chi connectivity index (χ2v) is 8.64. The van der Waals surface area contributed by atoms with Crippen molar-refractivity contribution in [2.45, 2.75) is 75.4 Å². The van der Waals surface area contributed by atoms with Crippen LogP contribution in [-0.4, -0.2) is 39.8 Å². The van der Waals surface area contributed by atoms with Crippen LogP contribution < -0.4 is 0 Å².